The molecule has 1 amide bonds. The molecule has 5 heteroatoms. The van der Waals surface area contributed by atoms with Gasteiger partial charge in [0, 0.05) is 12.2 Å². The Morgan fingerprint density at radius 1 is 1.50 bits per heavy atom. The summed E-state index contributed by atoms with van der Waals surface area (Å²) in [5.41, 5.74) is 7.68. The molecule has 96 valence electrons. The second-order valence-corrected chi connectivity index (χ2v) is 4.40. The second kappa shape index (κ2) is 4.78. The van der Waals surface area contributed by atoms with E-state index in [0.29, 0.717) is 19.4 Å². The predicted molar refractivity (Wildman–Crippen MR) is 67.7 cm³/mol. The van der Waals surface area contributed by atoms with Crippen molar-refractivity contribution in [2.24, 2.45) is 5.73 Å². The minimum atomic E-state index is -0.951. The van der Waals surface area contributed by atoms with E-state index < -0.39 is 12.0 Å². The summed E-state index contributed by atoms with van der Waals surface area (Å²) in [4.78, 5) is 24.6. The zero-order valence-electron chi connectivity index (χ0n) is 10.2. The fourth-order valence-electron chi connectivity index (χ4n) is 2.14. The fraction of sp³-hybridized carbons (Fsp3) is 0.385. The van der Waals surface area contributed by atoms with Crippen LogP contribution in [0.15, 0.2) is 18.2 Å². The third kappa shape index (κ3) is 2.09. The standard InChI is InChI=1S/C13H16N2O3/c1-2-10(14)12(16)15-6-5-8-7-9(13(17)18)3-4-11(8)15/h3-4,7,10H,2,5-6,14H2,1H3,(H,17,18). The summed E-state index contributed by atoms with van der Waals surface area (Å²) < 4.78 is 0. The number of rotatable bonds is 3. The number of nitrogens with zero attached hydrogens (tertiary/aromatic N) is 1. The number of hydrogen-bond acceptors (Lipinski definition) is 3. The van der Waals surface area contributed by atoms with Crippen LogP contribution < -0.4 is 10.6 Å². The first-order valence-corrected chi connectivity index (χ1v) is 5.97. The molecular formula is C13H16N2O3. The fourth-order valence-corrected chi connectivity index (χ4v) is 2.14. The van der Waals surface area contributed by atoms with Gasteiger partial charge in [-0.15, -0.1) is 0 Å². The lowest BCUT2D eigenvalue weighted by Crippen LogP contribution is -2.42. The van der Waals surface area contributed by atoms with E-state index in [1.165, 1.54) is 6.07 Å². The van der Waals surface area contributed by atoms with Gasteiger partial charge < -0.3 is 15.7 Å². The summed E-state index contributed by atoms with van der Waals surface area (Å²) in [6.45, 7) is 2.44. The quantitative estimate of drug-likeness (QED) is 0.836. The molecule has 1 atom stereocenters. The monoisotopic (exact) mass is 248 g/mol. The van der Waals surface area contributed by atoms with Gasteiger partial charge in [-0.05, 0) is 36.6 Å². The molecule has 3 N–H and O–H groups in total. The molecule has 0 bridgehead atoms. The Morgan fingerprint density at radius 2 is 2.22 bits per heavy atom. The van der Waals surface area contributed by atoms with Crippen LogP contribution >= 0.6 is 0 Å². The number of benzene rings is 1. The second-order valence-electron chi connectivity index (χ2n) is 4.40. The van der Waals surface area contributed by atoms with Gasteiger partial charge in [-0.3, -0.25) is 4.79 Å². The Balaban J connectivity index is 2.29. The summed E-state index contributed by atoms with van der Waals surface area (Å²) >= 11 is 0. The zero-order valence-corrected chi connectivity index (χ0v) is 10.2. The van der Waals surface area contributed by atoms with Gasteiger partial charge >= 0.3 is 5.97 Å². The highest BCUT2D eigenvalue weighted by Gasteiger charge is 2.28. The topological polar surface area (TPSA) is 83.6 Å². The maximum absolute atomic E-state index is 12.0. The third-order valence-corrected chi connectivity index (χ3v) is 3.25. The van der Waals surface area contributed by atoms with Crippen LogP contribution in [0.25, 0.3) is 0 Å². The number of amides is 1. The van der Waals surface area contributed by atoms with E-state index in [4.69, 9.17) is 10.8 Å². The average Bonchev–Trinajstić information content (AvgIpc) is 2.79. The summed E-state index contributed by atoms with van der Waals surface area (Å²) in [7, 11) is 0. The predicted octanol–water partition coefficient (Wildman–Crippen LogP) is 1.01. The Hall–Kier alpha value is -1.88. The lowest BCUT2D eigenvalue weighted by molar-refractivity contribution is -0.119. The first kappa shape index (κ1) is 12.6. The van der Waals surface area contributed by atoms with Crippen molar-refractivity contribution in [3.05, 3.63) is 29.3 Å². The van der Waals surface area contributed by atoms with E-state index in [0.717, 1.165) is 11.3 Å². The van der Waals surface area contributed by atoms with Gasteiger partial charge in [-0.2, -0.15) is 0 Å². The van der Waals surface area contributed by atoms with Gasteiger partial charge in [0.1, 0.15) is 0 Å². The highest BCUT2D eigenvalue weighted by atomic mass is 16.4. The van der Waals surface area contributed by atoms with Crippen molar-refractivity contribution in [3.8, 4) is 0 Å². The van der Waals surface area contributed by atoms with Crippen molar-refractivity contribution >= 4 is 17.6 Å². The highest BCUT2D eigenvalue weighted by Crippen LogP contribution is 2.29. The summed E-state index contributed by atoms with van der Waals surface area (Å²) in [5, 5.41) is 8.92. The molecule has 1 aliphatic heterocycles. The van der Waals surface area contributed by atoms with Crippen molar-refractivity contribution in [1.82, 2.24) is 0 Å². The van der Waals surface area contributed by atoms with Crippen LogP contribution in [0.4, 0.5) is 5.69 Å². The van der Waals surface area contributed by atoms with E-state index in [-0.39, 0.29) is 11.5 Å². The first-order valence-electron chi connectivity index (χ1n) is 5.97. The van der Waals surface area contributed by atoms with Gasteiger partial charge in [0.15, 0.2) is 0 Å². The van der Waals surface area contributed by atoms with E-state index in [2.05, 4.69) is 0 Å². The number of carboxylic acids is 1. The Labute approximate surface area is 105 Å². The largest absolute Gasteiger partial charge is 0.478 e. The highest BCUT2D eigenvalue weighted by molar-refractivity contribution is 5.99. The maximum Gasteiger partial charge on any atom is 0.335 e. The molecule has 0 spiro atoms. The molecule has 0 radical (unpaired) electrons. The lowest BCUT2D eigenvalue weighted by atomic mass is 10.1. The van der Waals surface area contributed by atoms with Crippen LogP contribution in [0.5, 0.6) is 0 Å². The molecule has 5 nitrogen and oxygen atoms in total. The van der Waals surface area contributed by atoms with E-state index in [1.807, 2.05) is 6.92 Å². The molecule has 1 unspecified atom stereocenters. The summed E-state index contributed by atoms with van der Waals surface area (Å²) in [5.74, 6) is -1.05. The average molecular weight is 248 g/mol. The number of fused-ring (bicyclic) bond motifs is 1. The van der Waals surface area contributed by atoms with Crippen LogP contribution in [0.3, 0.4) is 0 Å². The van der Waals surface area contributed by atoms with E-state index in [9.17, 15) is 9.59 Å². The molecule has 1 aliphatic rings. The molecule has 0 aliphatic carbocycles. The SMILES string of the molecule is CCC(N)C(=O)N1CCc2cc(C(=O)O)ccc21. The van der Waals surface area contributed by atoms with Crippen LogP contribution in [0.1, 0.15) is 29.3 Å². The molecule has 1 heterocycles. The molecule has 0 aromatic heterocycles. The Bertz CT molecular complexity index is 499. The number of hydrogen-bond donors (Lipinski definition) is 2. The van der Waals surface area contributed by atoms with Crippen molar-refractivity contribution in [3.63, 3.8) is 0 Å². The molecule has 1 aromatic rings. The van der Waals surface area contributed by atoms with Gasteiger partial charge in [-0.1, -0.05) is 6.92 Å². The molecule has 18 heavy (non-hydrogen) atoms. The van der Waals surface area contributed by atoms with Crippen molar-refractivity contribution in [1.29, 1.82) is 0 Å². The maximum atomic E-state index is 12.0. The number of carbonyl (C=O) groups is 2. The normalized spacial score (nSPS) is 15.3. The van der Waals surface area contributed by atoms with Gasteiger partial charge in [0.2, 0.25) is 5.91 Å². The van der Waals surface area contributed by atoms with E-state index >= 15 is 0 Å². The number of carbonyl (C=O) groups excluding carboxylic acids is 1. The molecule has 2 rings (SSSR count). The van der Waals surface area contributed by atoms with Gasteiger partial charge in [-0.25, -0.2) is 4.79 Å². The lowest BCUT2D eigenvalue weighted by Gasteiger charge is -2.20. The number of aromatic carboxylic acids is 1. The van der Waals surface area contributed by atoms with Crippen LogP contribution in [0, 0.1) is 0 Å². The molecule has 0 fully saturated rings. The Morgan fingerprint density at radius 3 is 2.83 bits per heavy atom. The number of anilines is 1. The smallest absolute Gasteiger partial charge is 0.335 e. The van der Waals surface area contributed by atoms with Crippen LogP contribution in [-0.2, 0) is 11.2 Å². The minimum absolute atomic E-state index is 0.0978. The zero-order chi connectivity index (χ0) is 13.3. The number of nitrogens with two attached hydrogens (primary N) is 1. The first-order chi connectivity index (χ1) is 8.54. The van der Waals surface area contributed by atoms with E-state index in [1.54, 1.807) is 17.0 Å². The Kier molecular flexibility index (Phi) is 3.34. The minimum Gasteiger partial charge on any atom is -0.478 e. The number of carboxylic acid groups (broad SMARTS) is 1. The molecule has 0 saturated heterocycles. The van der Waals surface area contributed by atoms with Gasteiger partial charge in [0.05, 0.1) is 11.6 Å². The van der Waals surface area contributed by atoms with Gasteiger partial charge in [0.25, 0.3) is 0 Å². The summed E-state index contributed by atoms with van der Waals surface area (Å²) in [6.07, 6.45) is 1.27. The molecule has 1 aromatic carbocycles. The summed E-state index contributed by atoms with van der Waals surface area (Å²) in [6, 6.07) is 4.34. The van der Waals surface area contributed by atoms with Crippen LogP contribution in [-0.4, -0.2) is 29.6 Å². The van der Waals surface area contributed by atoms with Crippen LogP contribution in [0.2, 0.25) is 0 Å². The van der Waals surface area contributed by atoms with Crippen molar-refractivity contribution in [2.45, 2.75) is 25.8 Å². The van der Waals surface area contributed by atoms with Crippen molar-refractivity contribution in [2.75, 3.05) is 11.4 Å². The molecular weight excluding hydrogens is 232 g/mol. The molecule has 0 saturated carbocycles. The van der Waals surface area contributed by atoms with Crippen molar-refractivity contribution < 1.29 is 14.7 Å². The third-order valence-electron chi connectivity index (χ3n) is 3.25.